The van der Waals surface area contributed by atoms with Crippen molar-refractivity contribution < 1.29 is 19.0 Å². The number of anilines is 1. The summed E-state index contributed by atoms with van der Waals surface area (Å²) >= 11 is 0. The van der Waals surface area contributed by atoms with E-state index in [-0.39, 0.29) is 13.2 Å². The van der Waals surface area contributed by atoms with Gasteiger partial charge in [0.05, 0.1) is 7.11 Å². The Hall–Kier alpha value is -3.29. The second-order valence-corrected chi connectivity index (χ2v) is 7.02. The number of carbonyl (C=O) groups excluding carboxylic acids is 1. The summed E-state index contributed by atoms with van der Waals surface area (Å²) in [4.78, 5) is 17.3. The largest absolute Gasteiger partial charge is 0.452 e. The molecule has 0 aliphatic carbocycles. The summed E-state index contributed by atoms with van der Waals surface area (Å²) in [6.45, 7) is 1.61. The highest BCUT2D eigenvalue weighted by Gasteiger charge is 2.17. The van der Waals surface area contributed by atoms with E-state index in [0.717, 1.165) is 23.2 Å². The number of ether oxygens (including phenoxy) is 1. The number of carbonyl (C=O) groups is 1. The molecule has 1 amide bonds. The first-order valence-electron chi connectivity index (χ1n) is 10.1. The Labute approximate surface area is 181 Å². The van der Waals surface area contributed by atoms with E-state index in [4.69, 9.17) is 9.84 Å². The predicted molar refractivity (Wildman–Crippen MR) is 118 cm³/mol. The number of aliphatic hydroxyl groups excluding tert-OH is 1. The minimum absolute atomic E-state index is 0.0716. The third kappa shape index (κ3) is 6.10. The molecule has 0 saturated heterocycles. The Morgan fingerprint density at radius 1 is 1.06 bits per heavy atom. The monoisotopic (exact) mass is 423 g/mol. The van der Waals surface area contributed by atoms with E-state index in [9.17, 15) is 9.18 Å². The minimum Gasteiger partial charge on any atom is -0.452 e. The number of hydrogen-bond donors (Lipinski definition) is 2. The van der Waals surface area contributed by atoms with Crippen molar-refractivity contribution >= 4 is 11.8 Å². The molecule has 3 rings (SSSR count). The van der Waals surface area contributed by atoms with Crippen LogP contribution in [0.25, 0.3) is 11.1 Å². The quantitative estimate of drug-likeness (QED) is 0.541. The van der Waals surface area contributed by atoms with Crippen LogP contribution in [0.3, 0.4) is 0 Å². The molecule has 2 N–H and O–H groups in total. The summed E-state index contributed by atoms with van der Waals surface area (Å²) in [5, 5.41) is 12.4. The summed E-state index contributed by atoms with van der Waals surface area (Å²) in [7, 11) is 1.27. The fraction of sp³-hybridized carbons (Fsp3) is 0.250. The van der Waals surface area contributed by atoms with Gasteiger partial charge in [-0.1, -0.05) is 24.3 Å². The van der Waals surface area contributed by atoms with E-state index in [1.807, 2.05) is 36.4 Å². The fourth-order valence-corrected chi connectivity index (χ4v) is 3.22. The van der Waals surface area contributed by atoms with E-state index in [2.05, 4.69) is 10.3 Å². The number of hydrogen-bond acceptors (Lipinski definition) is 5. The summed E-state index contributed by atoms with van der Waals surface area (Å²) in [6, 6.07) is 16.3. The molecule has 0 saturated carbocycles. The molecule has 1 aromatic heterocycles. The molecule has 1 heterocycles. The van der Waals surface area contributed by atoms with Crippen LogP contribution < -0.4 is 10.2 Å². The molecule has 0 radical (unpaired) electrons. The lowest BCUT2D eigenvalue weighted by molar-refractivity contribution is 0.177. The van der Waals surface area contributed by atoms with Crippen molar-refractivity contribution in [2.24, 2.45) is 0 Å². The zero-order valence-electron chi connectivity index (χ0n) is 17.4. The molecule has 7 heteroatoms. The average Bonchev–Trinajstić information content (AvgIpc) is 2.80. The van der Waals surface area contributed by atoms with Crippen molar-refractivity contribution in [3.8, 4) is 11.1 Å². The summed E-state index contributed by atoms with van der Waals surface area (Å²) in [5.41, 5.74) is 3.84. The zero-order valence-corrected chi connectivity index (χ0v) is 17.4. The Bertz CT molecular complexity index is 981. The summed E-state index contributed by atoms with van der Waals surface area (Å²) in [5.74, 6) is -0.432. The van der Waals surface area contributed by atoms with Crippen molar-refractivity contribution in [3.05, 3.63) is 83.9 Å². The maximum absolute atomic E-state index is 14.8. The number of nitrogens with one attached hydrogen (secondary N) is 1. The van der Waals surface area contributed by atoms with Gasteiger partial charge in [0.2, 0.25) is 0 Å². The first-order chi connectivity index (χ1) is 15.1. The average molecular weight is 423 g/mol. The first-order valence-corrected chi connectivity index (χ1v) is 10.1. The lowest BCUT2D eigenvalue weighted by Crippen LogP contribution is -2.32. The first kappa shape index (κ1) is 22.4. The number of benzene rings is 2. The molecule has 31 heavy (non-hydrogen) atoms. The molecule has 0 fully saturated rings. The van der Waals surface area contributed by atoms with E-state index in [1.54, 1.807) is 24.5 Å². The SMILES string of the molecule is COC(=O)N(CCCO)c1ccc(-c2ccc(CNCc3ccncc3)cc2)c(F)c1. The fourth-order valence-electron chi connectivity index (χ4n) is 3.22. The van der Waals surface area contributed by atoms with E-state index in [0.29, 0.717) is 24.2 Å². The predicted octanol–water partition coefficient (Wildman–Crippen LogP) is 4.13. The van der Waals surface area contributed by atoms with Crippen molar-refractivity contribution in [1.82, 2.24) is 10.3 Å². The zero-order chi connectivity index (χ0) is 22.1. The molecular weight excluding hydrogens is 397 g/mol. The molecule has 162 valence electrons. The van der Waals surface area contributed by atoms with Crippen molar-refractivity contribution in [2.45, 2.75) is 19.5 Å². The van der Waals surface area contributed by atoms with Gasteiger partial charge in [-0.25, -0.2) is 9.18 Å². The third-order valence-corrected chi connectivity index (χ3v) is 4.87. The van der Waals surface area contributed by atoms with Crippen LogP contribution in [0.4, 0.5) is 14.9 Å². The number of amides is 1. The smallest absolute Gasteiger partial charge is 0.413 e. The van der Waals surface area contributed by atoms with Gasteiger partial charge < -0.3 is 15.2 Å². The molecule has 0 aliphatic heterocycles. The van der Waals surface area contributed by atoms with E-state index >= 15 is 0 Å². The van der Waals surface area contributed by atoms with E-state index < -0.39 is 11.9 Å². The number of methoxy groups -OCH3 is 1. The Morgan fingerprint density at radius 3 is 2.35 bits per heavy atom. The van der Waals surface area contributed by atoms with Crippen LogP contribution in [0.15, 0.2) is 67.0 Å². The maximum atomic E-state index is 14.8. The van der Waals surface area contributed by atoms with Gasteiger partial charge in [0.15, 0.2) is 0 Å². The number of aliphatic hydroxyl groups is 1. The van der Waals surface area contributed by atoms with Crippen molar-refractivity contribution in [3.63, 3.8) is 0 Å². The molecule has 0 unspecified atom stereocenters. The number of nitrogens with zero attached hydrogens (tertiary/aromatic N) is 2. The van der Waals surface area contributed by atoms with Crippen molar-refractivity contribution in [2.75, 3.05) is 25.2 Å². The van der Waals surface area contributed by atoms with Crippen LogP contribution in [0.2, 0.25) is 0 Å². The Kier molecular flexibility index (Phi) is 8.09. The lowest BCUT2D eigenvalue weighted by Gasteiger charge is -2.21. The summed E-state index contributed by atoms with van der Waals surface area (Å²) in [6.07, 6.45) is 3.31. The van der Waals surface area contributed by atoms with Crippen molar-refractivity contribution in [1.29, 1.82) is 0 Å². The number of aromatic nitrogens is 1. The molecule has 6 nitrogen and oxygen atoms in total. The van der Waals surface area contributed by atoms with Crippen LogP contribution in [0, 0.1) is 5.82 Å². The molecule has 0 aliphatic rings. The molecular formula is C24H26FN3O3. The number of halogens is 1. The van der Waals surface area contributed by atoms with Crippen LogP contribution in [0.5, 0.6) is 0 Å². The number of rotatable bonds is 9. The van der Waals surface area contributed by atoms with Gasteiger partial charge >= 0.3 is 6.09 Å². The molecule has 0 atom stereocenters. The Balaban J connectivity index is 1.67. The highest BCUT2D eigenvalue weighted by atomic mass is 19.1. The second kappa shape index (κ2) is 11.2. The standard InChI is InChI=1S/C24H26FN3O3/c1-31-24(30)28(13-2-14-29)21-7-8-22(23(25)15-21)20-5-3-18(4-6-20)16-27-17-19-9-11-26-12-10-19/h3-12,15,27,29H,2,13-14,16-17H2,1H3. The molecule has 2 aromatic carbocycles. The van der Waals surface area contributed by atoms with Gasteiger partial charge in [-0.3, -0.25) is 9.88 Å². The topological polar surface area (TPSA) is 74.7 Å². The van der Waals surface area contributed by atoms with Crippen LogP contribution in [0.1, 0.15) is 17.5 Å². The summed E-state index contributed by atoms with van der Waals surface area (Å²) < 4.78 is 19.6. The third-order valence-electron chi connectivity index (χ3n) is 4.87. The van der Waals surface area contributed by atoms with E-state index in [1.165, 1.54) is 18.1 Å². The second-order valence-electron chi connectivity index (χ2n) is 7.02. The highest BCUT2D eigenvalue weighted by Crippen LogP contribution is 2.27. The van der Waals surface area contributed by atoms with Crippen LogP contribution >= 0.6 is 0 Å². The van der Waals surface area contributed by atoms with Gasteiger partial charge in [-0.15, -0.1) is 0 Å². The lowest BCUT2D eigenvalue weighted by atomic mass is 10.0. The van der Waals surface area contributed by atoms with Gasteiger partial charge in [0, 0.05) is 49.9 Å². The van der Waals surface area contributed by atoms with Crippen LogP contribution in [-0.2, 0) is 17.8 Å². The van der Waals surface area contributed by atoms with Gasteiger partial charge in [-0.2, -0.15) is 0 Å². The highest BCUT2D eigenvalue weighted by molar-refractivity contribution is 5.88. The number of pyridine rings is 1. The Morgan fingerprint density at radius 2 is 1.74 bits per heavy atom. The van der Waals surface area contributed by atoms with Gasteiger partial charge in [0.1, 0.15) is 5.82 Å². The maximum Gasteiger partial charge on any atom is 0.413 e. The van der Waals surface area contributed by atoms with Gasteiger partial charge in [0.25, 0.3) is 0 Å². The minimum atomic E-state index is -0.593. The van der Waals surface area contributed by atoms with Crippen LogP contribution in [-0.4, -0.2) is 36.4 Å². The molecule has 3 aromatic rings. The van der Waals surface area contributed by atoms with Gasteiger partial charge in [-0.05, 0) is 53.4 Å². The molecule has 0 spiro atoms. The normalized spacial score (nSPS) is 10.7. The molecule has 0 bridgehead atoms.